The minimum absolute atomic E-state index is 0.0944. The van der Waals surface area contributed by atoms with Crippen molar-refractivity contribution in [3.8, 4) is 0 Å². The number of hydrogen-bond acceptors (Lipinski definition) is 4. The third-order valence-electron chi connectivity index (χ3n) is 6.90. The molecule has 5 atom stereocenters. The lowest BCUT2D eigenvalue weighted by molar-refractivity contribution is -0.190. The average molecular weight is 375 g/mol. The lowest BCUT2D eigenvalue weighted by Gasteiger charge is -2.59. The molecule has 2 saturated carbocycles. The Bertz CT molecular complexity index is 661. The quantitative estimate of drug-likeness (QED) is 0.386. The number of hydrogen-bond donors (Lipinski definition) is 0. The molecule has 0 aromatic rings. The normalized spacial score (nSPS) is 36.6. The van der Waals surface area contributed by atoms with Crippen molar-refractivity contribution in [3.63, 3.8) is 0 Å². The maximum atomic E-state index is 12.8. The largest absolute Gasteiger partial charge is 0.469 e. The van der Waals surface area contributed by atoms with E-state index in [1.165, 1.54) is 14.0 Å². The number of esters is 2. The number of fused-ring (bicyclic) bond motifs is 1. The van der Waals surface area contributed by atoms with E-state index in [-0.39, 0.29) is 35.3 Å². The molecular weight excluding hydrogens is 340 g/mol. The molecule has 2 fully saturated rings. The fourth-order valence-corrected chi connectivity index (χ4v) is 5.69. The van der Waals surface area contributed by atoms with Gasteiger partial charge in [0.05, 0.1) is 12.5 Å². The van der Waals surface area contributed by atoms with Crippen LogP contribution in [0.25, 0.3) is 0 Å². The lowest BCUT2D eigenvalue weighted by atomic mass is 9.46. The zero-order chi connectivity index (χ0) is 20.4. The summed E-state index contributed by atoms with van der Waals surface area (Å²) in [5, 5.41) is 0. The first-order chi connectivity index (χ1) is 12.6. The summed E-state index contributed by atoms with van der Waals surface area (Å²) < 4.78 is 10.9. The van der Waals surface area contributed by atoms with E-state index < -0.39 is 5.41 Å². The number of carbonyl (C=O) groups excluding carboxylic acids is 2. The molecule has 0 heterocycles. The van der Waals surface area contributed by atoms with Crippen LogP contribution < -0.4 is 0 Å². The number of allylic oxidation sites excluding steroid dienone is 3. The zero-order valence-electron chi connectivity index (χ0n) is 17.5. The maximum Gasteiger partial charge on any atom is 0.311 e. The molecule has 2 rings (SSSR count). The molecule has 0 radical (unpaired) electrons. The van der Waals surface area contributed by atoms with E-state index in [1.54, 1.807) is 0 Å². The molecule has 4 nitrogen and oxygen atoms in total. The molecular formula is C23H34O4. The molecule has 0 N–H and O–H groups in total. The Labute approximate surface area is 163 Å². The van der Waals surface area contributed by atoms with Crippen molar-refractivity contribution in [3.05, 3.63) is 36.5 Å². The van der Waals surface area contributed by atoms with E-state index >= 15 is 0 Å². The summed E-state index contributed by atoms with van der Waals surface area (Å²) in [7, 11) is 1.44. The van der Waals surface area contributed by atoms with Gasteiger partial charge in [-0.2, -0.15) is 0 Å². The van der Waals surface area contributed by atoms with Crippen molar-refractivity contribution >= 4 is 11.9 Å². The van der Waals surface area contributed by atoms with Gasteiger partial charge in [-0.3, -0.25) is 9.59 Å². The monoisotopic (exact) mass is 374 g/mol. The Balaban J connectivity index is 2.53. The first kappa shape index (κ1) is 21.5. The van der Waals surface area contributed by atoms with Crippen molar-refractivity contribution in [1.82, 2.24) is 0 Å². The van der Waals surface area contributed by atoms with Crippen LogP contribution in [0.1, 0.15) is 59.8 Å². The third kappa shape index (κ3) is 3.90. The Morgan fingerprint density at radius 1 is 1.26 bits per heavy atom. The lowest BCUT2D eigenvalue weighted by Crippen LogP contribution is -2.59. The molecule has 150 valence electrons. The third-order valence-corrected chi connectivity index (χ3v) is 6.90. The van der Waals surface area contributed by atoms with Crippen LogP contribution in [0.2, 0.25) is 0 Å². The Morgan fingerprint density at radius 2 is 1.93 bits per heavy atom. The van der Waals surface area contributed by atoms with Gasteiger partial charge in [-0.05, 0) is 44.4 Å². The van der Waals surface area contributed by atoms with Crippen molar-refractivity contribution in [2.75, 3.05) is 7.11 Å². The second-order valence-corrected chi connectivity index (χ2v) is 8.70. The average Bonchev–Trinajstić information content (AvgIpc) is 2.59. The Morgan fingerprint density at radius 3 is 2.48 bits per heavy atom. The van der Waals surface area contributed by atoms with E-state index in [0.717, 1.165) is 36.8 Å². The van der Waals surface area contributed by atoms with Crippen LogP contribution in [-0.4, -0.2) is 25.2 Å². The molecule has 0 spiro atoms. The summed E-state index contributed by atoms with van der Waals surface area (Å²) in [6.07, 6.45) is 7.83. The van der Waals surface area contributed by atoms with Gasteiger partial charge in [-0.15, -0.1) is 0 Å². The fourth-order valence-electron chi connectivity index (χ4n) is 5.69. The highest BCUT2D eigenvalue weighted by atomic mass is 16.5. The van der Waals surface area contributed by atoms with Crippen LogP contribution in [0.4, 0.5) is 0 Å². The molecule has 0 aromatic carbocycles. The summed E-state index contributed by atoms with van der Waals surface area (Å²) in [6.45, 7) is 15.9. The van der Waals surface area contributed by atoms with Gasteiger partial charge in [0.2, 0.25) is 0 Å². The predicted octanol–water partition coefficient (Wildman–Crippen LogP) is 5.00. The molecule has 4 heteroatoms. The first-order valence-corrected chi connectivity index (χ1v) is 9.82. The molecule has 0 unspecified atom stereocenters. The highest BCUT2D eigenvalue weighted by Gasteiger charge is 2.62. The molecule has 0 amide bonds. The molecule has 0 aromatic heterocycles. The van der Waals surface area contributed by atoms with E-state index in [1.807, 2.05) is 19.9 Å². The van der Waals surface area contributed by atoms with Crippen molar-refractivity contribution in [1.29, 1.82) is 0 Å². The number of ether oxygens (including phenoxy) is 2. The van der Waals surface area contributed by atoms with Crippen LogP contribution in [0.15, 0.2) is 36.5 Å². The van der Waals surface area contributed by atoms with E-state index in [9.17, 15) is 9.59 Å². The highest BCUT2D eigenvalue weighted by molar-refractivity contribution is 5.77. The summed E-state index contributed by atoms with van der Waals surface area (Å²) >= 11 is 0. The topological polar surface area (TPSA) is 52.6 Å². The zero-order valence-corrected chi connectivity index (χ0v) is 17.5. The second-order valence-electron chi connectivity index (χ2n) is 8.70. The molecule has 0 aliphatic heterocycles. The van der Waals surface area contributed by atoms with E-state index in [4.69, 9.17) is 9.47 Å². The van der Waals surface area contributed by atoms with Crippen LogP contribution in [-0.2, 0) is 19.1 Å². The summed E-state index contributed by atoms with van der Waals surface area (Å²) in [5.41, 5.74) is 1.38. The standard InChI is InChI=1S/C23H34O4/c1-8-15(2)10-11-18-16(3)14-19(27-17(4)24)20-22(18,5)12-9-13-23(20,6)21(25)26-7/h8,10,18-20H,1,3,9,11-14H2,2,4-7H3/b15-10+/t18-,19-,20+,22+,23+/m1/s1. The van der Waals surface area contributed by atoms with Crippen molar-refractivity contribution in [2.24, 2.45) is 22.7 Å². The molecule has 2 aliphatic carbocycles. The van der Waals surface area contributed by atoms with Gasteiger partial charge in [-0.1, -0.05) is 49.8 Å². The molecule has 2 aliphatic rings. The number of carbonyl (C=O) groups is 2. The molecule has 27 heavy (non-hydrogen) atoms. The van der Waals surface area contributed by atoms with Crippen LogP contribution >= 0.6 is 0 Å². The predicted molar refractivity (Wildman–Crippen MR) is 107 cm³/mol. The Hall–Kier alpha value is -1.84. The minimum Gasteiger partial charge on any atom is -0.469 e. The van der Waals surface area contributed by atoms with E-state index in [0.29, 0.717) is 6.42 Å². The summed E-state index contributed by atoms with van der Waals surface area (Å²) in [6, 6.07) is 0. The molecule has 0 bridgehead atoms. The number of methoxy groups -OCH3 is 1. The van der Waals surface area contributed by atoms with Gasteiger partial charge in [0.25, 0.3) is 0 Å². The van der Waals surface area contributed by atoms with E-state index in [2.05, 4.69) is 26.2 Å². The maximum absolute atomic E-state index is 12.8. The summed E-state index contributed by atoms with van der Waals surface area (Å²) in [5.74, 6) is -0.384. The SMILES string of the molecule is C=C/C(C)=C/C[C@@H]1C(=C)C[C@@H](OC(C)=O)[C@H]2[C@@]1(C)CCC[C@]2(C)C(=O)OC. The van der Waals surface area contributed by atoms with Crippen LogP contribution in [0.3, 0.4) is 0 Å². The van der Waals surface area contributed by atoms with Gasteiger partial charge >= 0.3 is 11.9 Å². The van der Waals surface area contributed by atoms with Crippen LogP contribution in [0.5, 0.6) is 0 Å². The van der Waals surface area contributed by atoms with Gasteiger partial charge < -0.3 is 9.47 Å². The number of rotatable bonds is 5. The molecule has 0 saturated heterocycles. The van der Waals surface area contributed by atoms with Crippen molar-refractivity contribution < 1.29 is 19.1 Å². The van der Waals surface area contributed by atoms with Gasteiger partial charge in [0.15, 0.2) is 0 Å². The van der Waals surface area contributed by atoms with Crippen molar-refractivity contribution in [2.45, 2.75) is 65.9 Å². The second kappa shape index (κ2) is 8.04. The first-order valence-electron chi connectivity index (χ1n) is 9.82. The minimum atomic E-state index is -0.669. The van der Waals surface area contributed by atoms with Crippen LogP contribution in [0, 0.1) is 22.7 Å². The fraction of sp³-hybridized carbons (Fsp3) is 0.652. The van der Waals surface area contributed by atoms with Gasteiger partial charge in [0.1, 0.15) is 6.10 Å². The smallest absolute Gasteiger partial charge is 0.311 e. The summed E-state index contributed by atoms with van der Waals surface area (Å²) in [4.78, 5) is 24.6. The highest BCUT2D eigenvalue weighted by Crippen LogP contribution is 2.62. The van der Waals surface area contributed by atoms with Gasteiger partial charge in [-0.25, -0.2) is 0 Å². The van der Waals surface area contributed by atoms with Gasteiger partial charge in [0, 0.05) is 19.3 Å². The Kier molecular flexibility index (Phi) is 6.39.